The van der Waals surface area contributed by atoms with Crippen LogP contribution in [0, 0.1) is 0 Å². The number of halogens is 1. The number of nitrogens with one attached hydrogen (secondary N) is 1. The van der Waals surface area contributed by atoms with Crippen molar-refractivity contribution in [3.05, 3.63) is 58.6 Å². The molecule has 0 saturated carbocycles. The van der Waals surface area contributed by atoms with Gasteiger partial charge in [-0.15, -0.1) is 5.10 Å². The van der Waals surface area contributed by atoms with Crippen molar-refractivity contribution in [3.63, 3.8) is 0 Å². The smallest absolute Gasteiger partial charge is 0.322 e. The lowest BCUT2D eigenvalue weighted by Gasteiger charge is -2.08. The number of anilines is 1. The molecule has 1 amide bonds. The van der Waals surface area contributed by atoms with Gasteiger partial charge in [-0.05, 0) is 50.2 Å². The minimum atomic E-state index is -3.42. The maximum Gasteiger partial charge on any atom is 0.322 e. The Balaban J connectivity index is 1.83. The van der Waals surface area contributed by atoms with E-state index in [9.17, 15) is 13.2 Å². The number of hydrogen-bond acceptors (Lipinski definition) is 6. The normalized spacial score (nSPS) is 11.6. The molecule has 0 atom stereocenters. The molecule has 1 heterocycles. The van der Waals surface area contributed by atoms with Gasteiger partial charge in [0.1, 0.15) is 0 Å². The molecule has 2 aromatic carbocycles. The second-order valence-corrected chi connectivity index (χ2v) is 9.42. The largest absolute Gasteiger partial charge is 0.403 e. The Hall–Kier alpha value is -2.52. The number of benzene rings is 2. The molecule has 0 radical (unpaired) electrons. The van der Waals surface area contributed by atoms with Gasteiger partial charge in [0, 0.05) is 15.6 Å². The summed E-state index contributed by atoms with van der Waals surface area (Å²) in [5.41, 5.74) is 0.876. The van der Waals surface area contributed by atoms with Crippen molar-refractivity contribution in [1.82, 2.24) is 10.2 Å². The molecule has 0 aliphatic carbocycles. The van der Waals surface area contributed by atoms with E-state index < -0.39 is 21.0 Å². The second-order valence-electron chi connectivity index (χ2n) is 6.00. The second kappa shape index (κ2) is 7.61. The van der Waals surface area contributed by atoms with Gasteiger partial charge in [0.15, 0.2) is 9.84 Å². The standard InChI is InChI=1S/C18H16BrN3O4S/c1-11(2)27(24,25)15-8-4-6-13(10-15)17-21-22-18(26-17)20-16(23)12-5-3-7-14(19)9-12/h3-11H,1-2H3,(H,20,22,23). The molecular formula is C18H16BrN3O4S. The van der Waals surface area contributed by atoms with Crippen molar-refractivity contribution in [2.45, 2.75) is 24.0 Å². The average molecular weight is 450 g/mol. The summed E-state index contributed by atoms with van der Waals surface area (Å²) in [6.07, 6.45) is 0. The van der Waals surface area contributed by atoms with Gasteiger partial charge in [-0.25, -0.2) is 8.42 Å². The molecule has 0 unspecified atom stereocenters. The molecule has 3 aromatic rings. The Morgan fingerprint density at radius 2 is 1.85 bits per heavy atom. The number of rotatable bonds is 5. The van der Waals surface area contributed by atoms with Crippen LogP contribution in [-0.2, 0) is 9.84 Å². The van der Waals surface area contributed by atoms with Gasteiger partial charge in [-0.3, -0.25) is 10.1 Å². The Morgan fingerprint density at radius 1 is 1.11 bits per heavy atom. The first kappa shape index (κ1) is 19.2. The van der Waals surface area contributed by atoms with Crippen LogP contribution in [0.2, 0.25) is 0 Å². The SMILES string of the molecule is CC(C)S(=O)(=O)c1cccc(-c2nnc(NC(=O)c3cccc(Br)c3)o2)c1. The van der Waals surface area contributed by atoms with Crippen LogP contribution in [0.4, 0.5) is 6.01 Å². The fourth-order valence-corrected chi connectivity index (χ4v) is 3.77. The highest BCUT2D eigenvalue weighted by atomic mass is 79.9. The highest BCUT2D eigenvalue weighted by Crippen LogP contribution is 2.25. The summed E-state index contributed by atoms with van der Waals surface area (Å²) in [6.45, 7) is 3.23. The summed E-state index contributed by atoms with van der Waals surface area (Å²) in [4.78, 5) is 12.4. The van der Waals surface area contributed by atoms with E-state index in [-0.39, 0.29) is 16.8 Å². The van der Waals surface area contributed by atoms with Gasteiger partial charge < -0.3 is 4.42 Å². The molecule has 1 aromatic heterocycles. The summed E-state index contributed by atoms with van der Waals surface area (Å²) >= 11 is 3.30. The number of hydrogen-bond donors (Lipinski definition) is 1. The van der Waals surface area contributed by atoms with Gasteiger partial charge in [-0.1, -0.05) is 33.2 Å². The third-order valence-corrected chi connectivity index (χ3v) is 6.41. The summed E-state index contributed by atoms with van der Waals surface area (Å²) in [5, 5.41) is 9.66. The Kier molecular flexibility index (Phi) is 5.43. The van der Waals surface area contributed by atoms with Crippen molar-refractivity contribution in [2.75, 3.05) is 5.32 Å². The third kappa shape index (κ3) is 4.25. The van der Waals surface area contributed by atoms with E-state index >= 15 is 0 Å². The molecule has 9 heteroatoms. The molecule has 27 heavy (non-hydrogen) atoms. The lowest BCUT2D eigenvalue weighted by molar-refractivity contribution is 0.102. The van der Waals surface area contributed by atoms with Crippen LogP contribution in [0.1, 0.15) is 24.2 Å². The summed E-state index contributed by atoms with van der Waals surface area (Å²) < 4.78 is 30.9. The first-order chi connectivity index (χ1) is 12.8. The minimum Gasteiger partial charge on any atom is -0.403 e. The van der Waals surface area contributed by atoms with E-state index in [1.54, 1.807) is 50.2 Å². The van der Waals surface area contributed by atoms with Gasteiger partial charge >= 0.3 is 6.01 Å². The number of sulfone groups is 1. The highest BCUT2D eigenvalue weighted by molar-refractivity contribution is 9.10. The molecule has 0 aliphatic rings. The number of carbonyl (C=O) groups excluding carboxylic acids is 1. The molecule has 0 saturated heterocycles. The topological polar surface area (TPSA) is 102 Å². The molecule has 0 bridgehead atoms. The van der Waals surface area contributed by atoms with E-state index in [1.807, 2.05) is 0 Å². The number of amides is 1. The van der Waals surface area contributed by atoms with Gasteiger partial charge in [0.2, 0.25) is 5.89 Å². The maximum absolute atomic E-state index is 12.3. The van der Waals surface area contributed by atoms with Crippen LogP contribution in [-0.4, -0.2) is 29.8 Å². The lowest BCUT2D eigenvalue weighted by Crippen LogP contribution is -2.13. The number of carbonyl (C=O) groups is 1. The summed E-state index contributed by atoms with van der Waals surface area (Å²) in [5.74, 6) is -0.289. The van der Waals surface area contributed by atoms with Gasteiger partial charge in [0.25, 0.3) is 5.91 Å². The number of nitrogens with zero attached hydrogens (tertiary/aromatic N) is 2. The van der Waals surface area contributed by atoms with Crippen molar-refractivity contribution >= 4 is 37.7 Å². The van der Waals surface area contributed by atoms with Gasteiger partial charge in [0.05, 0.1) is 10.1 Å². The average Bonchev–Trinajstić information content (AvgIpc) is 3.10. The fraction of sp³-hybridized carbons (Fsp3) is 0.167. The molecule has 140 valence electrons. The van der Waals surface area contributed by atoms with E-state index in [0.717, 1.165) is 4.47 Å². The van der Waals surface area contributed by atoms with Crippen molar-refractivity contribution in [2.24, 2.45) is 0 Å². The fourth-order valence-electron chi connectivity index (χ4n) is 2.27. The van der Waals surface area contributed by atoms with Crippen molar-refractivity contribution < 1.29 is 17.6 Å². The van der Waals surface area contributed by atoms with Crippen LogP contribution in [0.15, 0.2) is 62.3 Å². The van der Waals surface area contributed by atoms with Crippen molar-refractivity contribution in [1.29, 1.82) is 0 Å². The van der Waals surface area contributed by atoms with Gasteiger partial charge in [-0.2, -0.15) is 0 Å². The van der Waals surface area contributed by atoms with Crippen LogP contribution >= 0.6 is 15.9 Å². The van der Waals surface area contributed by atoms with E-state index in [1.165, 1.54) is 12.1 Å². The Morgan fingerprint density at radius 3 is 2.56 bits per heavy atom. The van der Waals surface area contributed by atoms with Crippen LogP contribution < -0.4 is 5.32 Å². The molecule has 0 fully saturated rings. The zero-order valence-electron chi connectivity index (χ0n) is 14.5. The molecule has 3 rings (SSSR count). The van der Waals surface area contributed by atoms with Crippen LogP contribution in [0.3, 0.4) is 0 Å². The monoisotopic (exact) mass is 449 g/mol. The van der Waals surface area contributed by atoms with E-state index in [4.69, 9.17) is 4.42 Å². The molecule has 1 N–H and O–H groups in total. The highest BCUT2D eigenvalue weighted by Gasteiger charge is 2.20. The molecule has 0 aliphatic heterocycles. The predicted molar refractivity (Wildman–Crippen MR) is 104 cm³/mol. The first-order valence-corrected chi connectivity index (χ1v) is 10.4. The van der Waals surface area contributed by atoms with Crippen LogP contribution in [0.5, 0.6) is 0 Å². The zero-order valence-corrected chi connectivity index (χ0v) is 16.9. The Bertz CT molecular complexity index is 1090. The minimum absolute atomic E-state index is 0.0768. The lowest BCUT2D eigenvalue weighted by atomic mass is 10.2. The summed E-state index contributed by atoms with van der Waals surface area (Å²) in [7, 11) is -3.42. The quantitative estimate of drug-likeness (QED) is 0.632. The molecular weight excluding hydrogens is 434 g/mol. The number of aromatic nitrogens is 2. The van der Waals surface area contributed by atoms with E-state index in [2.05, 4.69) is 31.4 Å². The van der Waals surface area contributed by atoms with Crippen molar-refractivity contribution in [3.8, 4) is 11.5 Å². The maximum atomic E-state index is 12.3. The zero-order chi connectivity index (χ0) is 19.6. The summed E-state index contributed by atoms with van der Waals surface area (Å²) in [6, 6.07) is 13.0. The predicted octanol–water partition coefficient (Wildman–Crippen LogP) is 3.93. The Labute approximate surface area is 164 Å². The molecule has 7 nitrogen and oxygen atoms in total. The first-order valence-electron chi connectivity index (χ1n) is 8.02. The third-order valence-electron chi connectivity index (χ3n) is 3.76. The molecule has 0 spiro atoms. The van der Waals surface area contributed by atoms with E-state index in [0.29, 0.717) is 11.1 Å². The van der Waals surface area contributed by atoms with Crippen LogP contribution in [0.25, 0.3) is 11.5 Å².